The van der Waals surface area contributed by atoms with Gasteiger partial charge in [0.15, 0.2) is 0 Å². The van der Waals surface area contributed by atoms with Gasteiger partial charge in [0.1, 0.15) is 16.6 Å². The lowest BCUT2D eigenvalue weighted by Crippen LogP contribution is -2.03. The molecule has 0 unspecified atom stereocenters. The first-order chi connectivity index (χ1) is 13.2. The van der Waals surface area contributed by atoms with Crippen molar-refractivity contribution in [2.45, 2.75) is 46.5 Å². The maximum Gasteiger partial charge on any atom is 0.123 e. The van der Waals surface area contributed by atoms with Crippen molar-refractivity contribution in [3.63, 3.8) is 0 Å². The van der Waals surface area contributed by atoms with Crippen molar-refractivity contribution in [1.29, 1.82) is 0 Å². The van der Waals surface area contributed by atoms with Crippen LogP contribution in [0.4, 0.5) is 4.39 Å². The van der Waals surface area contributed by atoms with E-state index in [0.29, 0.717) is 6.61 Å². The lowest BCUT2D eigenvalue weighted by molar-refractivity contribution is 0.320. The van der Waals surface area contributed by atoms with Crippen LogP contribution in [0.5, 0.6) is 5.75 Å². The number of aromatic nitrogens is 1. The van der Waals surface area contributed by atoms with E-state index in [1.54, 1.807) is 23.5 Å². The van der Waals surface area contributed by atoms with E-state index in [1.165, 1.54) is 47.4 Å². The van der Waals surface area contributed by atoms with Crippen molar-refractivity contribution in [3.8, 4) is 16.3 Å². The van der Waals surface area contributed by atoms with E-state index in [9.17, 15) is 4.39 Å². The fourth-order valence-electron chi connectivity index (χ4n) is 3.28. The zero-order valence-corrected chi connectivity index (χ0v) is 17.0. The fraction of sp³-hybridized carbons (Fsp3) is 0.348. The van der Waals surface area contributed by atoms with Gasteiger partial charge in [0.05, 0.1) is 12.3 Å². The number of fused-ring (bicyclic) bond motifs is 1. The fourth-order valence-corrected chi connectivity index (χ4v) is 4.24. The number of thiazole rings is 1. The van der Waals surface area contributed by atoms with Crippen LogP contribution in [-0.4, -0.2) is 11.6 Å². The number of rotatable bonds is 5. The molecule has 2 aromatic carbocycles. The van der Waals surface area contributed by atoms with Gasteiger partial charge in [-0.2, -0.15) is 0 Å². The summed E-state index contributed by atoms with van der Waals surface area (Å²) in [5, 5.41) is 0.935. The highest BCUT2D eigenvalue weighted by Gasteiger charge is 2.12. The molecule has 4 heteroatoms. The smallest absolute Gasteiger partial charge is 0.123 e. The maximum atomic E-state index is 13.1. The van der Waals surface area contributed by atoms with Gasteiger partial charge in [-0.05, 0) is 73.7 Å². The minimum atomic E-state index is -0.222. The normalized spacial score (nSPS) is 12.3. The van der Waals surface area contributed by atoms with Crippen molar-refractivity contribution in [2.24, 2.45) is 0 Å². The van der Waals surface area contributed by atoms with E-state index in [0.717, 1.165) is 28.4 Å². The second-order valence-electron chi connectivity index (χ2n) is 6.41. The topological polar surface area (TPSA) is 22.1 Å². The second kappa shape index (κ2) is 9.14. The highest BCUT2D eigenvalue weighted by molar-refractivity contribution is 7.15. The van der Waals surface area contributed by atoms with Crippen LogP contribution in [0.25, 0.3) is 10.6 Å². The van der Waals surface area contributed by atoms with Crippen LogP contribution >= 0.6 is 11.3 Å². The van der Waals surface area contributed by atoms with E-state index in [-0.39, 0.29) is 5.82 Å². The Morgan fingerprint density at radius 3 is 2.56 bits per heavy atom. The van der Waals surface area contributed by atoms with E-state index < -0.39 is 0 Å². The van der Waals surface area contributed by atoms with Gasteiger partial charge in [-0.25, -0.2) is 9.37 Å². The molecule has 1 heterocycles. The summed E-state index contributed by atoms with van der Waals surface area (Å²) in [4.78, 5) is 5.91. The third-order valence-electron chi connectivity index (χ3n) is 4.66. The quantitative estimate of drug-likeness (QED) is 0.509. The molecule has 4 rings (SSSR count). The molecule has 0 saturated carbocycles. The Balaban J connectivity index is 0.00000102. The zero-order chi connectivity index (χ0) is 19.2. The minimum Gasteiger partial charge on any atom is -0.493 e. The van der Waals surface area contributed by atoms with Crippen molar-refractivity contribution < 1.29 is 9.13 Å². The number of aryl methyl sites for hydroxylation is 3. The molecule has 0 spiro atoms. The largest absolute Gasteiger partial charge is 0.493 e. The molecule has 3 aromatic rings. The summed E-state index contributed by atoms with van der Waals surface area (Å²) >= 11 is 1.65. The van der Waals surface area contributed by atoms with Crippen molar-refractivity contribution in [1.82, 2.24) is 4.98 Å². The van der Waals surface area contributed by atoms with Crippen LogP contribution in [0, 0.1) is 12.7 Å². The molecule has 27 heavy (non-hydrogen) atoms. The Kier molecular flexibility index (Phi) is 6.62. The Labute approximate surface area is 165 Å². The number of nitrogens with zero attached hydrogens (tertiary/aromatic N) is 1. The van der Waals surface area contributed by atoms with Gasteiger partial charge in [0, 0.05) is 16.9 Å². The molecule has 0 N–H and O–H groups in total. The van der Waals surface area contributed by atoms with Crippen LogP contribution in [0.2, 0.25) is 0 Å². The molecule has 0 radical (unpaired) electrons. The Hall–Kier alpha value is -2.20. The number of hydrogen-bond donors (Lipinski definition) is 0. The lowest BCUT2D eigenvalue weighted by Gasteiger charge is -2.07. The summed E-state index contributed by atoms with van der Waals surface area (Å²) in [7, 11) is 0. The predicted octanol–water partition coefficient (Wildman–Crippen LogP) is 6.39. The third-order valence-corrected chi connectivity index (χ3v) is 5.72. The van der Waals surface area contributed by atoms with Gasteiger partial charge in [0.2, 0.25) is 0 Å². The summed E-state index contributed by atoms with van der Waals surface area (Å²) in [6.07, 6.45) is 4.39. The van der Waals surface area contributed by atoms with Crippen molar-refractivity contribution in [2.75, 3.05) is 6.61 Å². The summed E-state index contributed by atoms with van der Waals surface area (Å²) in [5.74, 6) is 0.729. The van der Waals surface area contributed by atoms with E-state index in [2.05, 4.69) is 25.1 Å². The monoisotopic (exact) mass is 383 g/mol. The molecule has 0 aliphatic heterocycles. The van der Waals surface area contributed by atoms with E-state index in [4.69, 9.17) is 9.72 Å². The number of benzene rings is 2. The summed E-state index contributed by atoms with van der Waals surface area (Å²) in [6, 6.07) is 12.9. The molecule has 0 atom stereocenters. The van der Waals surface area contributed by atoms with Gasteiger partial charge in [-0.1, -0.05) is 19.9 Å². The minimum absolute atomic E-state index is 0.222. The number of hydrogen-bond acceptors (Lipinski definition) is 3. The molecule has 1 aromatic heterocycles. The molecule has 2 nitrogen and oxygen atoms in total. The van der Waals surface area contributed by atoms with Crippen molar-refractivity contribution in [3.05, 3.63) is 70.0 Å². The highest BCUT2D eigenvalue weighted by atomic mass is 32.1. The molecule has 1 aliphatic rings. The van der Waals surface area contributed by atoms with Crippen LogP contribution in [-0.2, 0) is 19.3 Å². The van der Waals surface area contributed by atoms with Gasteiger partial charge in [0.25, 0.3) is 0 Å². The maximum absolute atomic E-state index is 13.1. The van der Waals surface area contributed by atoms with Crippen LogP contribution < -0.4 is 4.74 Å². The average molecular weight is 384 g/mol. The first-order valence-corrected chi connectivity index (χ1v) is 10.5. The summed E-state index contributed by atoms with van der Waals surface area (Å²) < 4.78 is 19.0. The highest BCUT2D eigenvalue weighted by Crippen LogP contribution is 2.29. The Bertz CT molecular complexity index is 886. The Morgan fingerprint density at radius 2 is 1.78 bits per heavy atom. The zero-order valence-electron chi connectivity index (χ0n) is 16.2. The Morgan fingerprint density at radius 1 is 1.04 bits per heavy atom. The van der Waals surface area contributed by atoms with Crippen LogP contribution in [0.15, 0.2) is 42.5 Å². The molecule has 142 valence electrons. The van der Waals surface area contributed by atoms with Gasteiger partial charge in [-0.3, -0.25) is 0 Å². The lowest BCUT2D eigenvalue weighted by atomic mass is 10.1. The summed E-state index contributed by atoms with van der Waals surface area (Å²) in [5.41, 5.74) is 4.92. The molecule has 0 saturated heterocycles. The SMILES string of the molecule is CC.Cc1sc(-c2ccc(F)cc2)nc1CCOc1ccc2c(c1)CCC2. The van der Waals surface area contributed by atoms with Gasteiger partial charge >= 0.3 is 0 Å². The third kappa shape index (κ3) is 4.75. The first kappa shape index (κ1) is 19.6. The van der Waals surface area contributed by atoms with Gasteiger partial charge < -0.3 is 4.74 Å². The standard InChI is InChI=1S/C21H20FNOS.C2H6/c1-14-20(23-21(25-14)16-5-8-18(22)9-6-16)11-12-24-19-10-7-15-3-2-4-17(15)13-19;1-2/h5-10,13H,2-4,11-12H2,1H3;1-2H3. The van der Waals surface area contributed by atoms with Crippen LogP contribution in [0.1, 0.15) is 42.0 Å². The first-order valence-electron chi connectivity index (χ1n) is 9.66. The van der Waals surface area contributed by atoms with Crippen molar-refractivity contribution >= 4 is 11.3 Å². The number of halogens is 1. The predicted molar refractivity (Wildman–Crippen MR) is 111 cm³/mol. The number of ether oxygens (including phenoxy) is 1. The molecular weight excluding hydrogens is 357 g/mol. The summed E-state index contributed by atoms with van der Waals surface area (Å²) in [6.45, 7) is 6.70. The van der Waals surface area contributed by atoms with E-state index >= 15 is 0 Å². The van der Waals surface area contributed by atoms with E-state index in [1.807, 2.05) is 13.8 Å². The average Bonchev–Trinajstić information content (AvgIpc) is 3.30. The van der Waals surface area contributed by atoms with Gasteiger partial charge in [-0.15, -0.1) is 11.3 Å². The molecule has 0 amide bonds. The van der Waals surface area contributed by atoms with Crippen LogP contribution in [0.3, 0.4) is 0 Å². The molecular formula is C23H26FNOS. The second-order valence-corrected chi connectivity index (χ2v) is 7.61. The molecule has 0 bridgehead atoms. The molecule has 1 aliphatic carbocycles. The molecule has 0 fully saturated rings.